The molecule has 0 radical (unpaired) electrons. The molecule has 0 unspecified atom stereocenters. The first-order chi connectivity index (χ1) is 6.95. The highest BCUT2D eigenvalue weighted by atomic mass is 19.4. The van der Waals surface area contributed by atoms with Gasteiger partial charge < -0.3 is 5.73 Å². The van der Waals surface area contributed by atoms with Crippen molar-refractivity contribution in [1.82, 2.24) is 0 Å². The summed E-state index contributed by atoms with van der Waals surface area (Å²) in [6.07, 6.45) is -3.88. The summed E-state index contributed by atoms with van der Waals surface area (Å²) in [5, 5.41) is 0. The highest BCUT2D eigenvalue weighted by molar-refractivity contribution is 5.30. The van der Waals surface area contributed by atoms with E-state index < -0.39 is 17.6 Å². The van der Waals surface area contributed by atoms with Gasteiger partial charge in [-0.25, -0.2) is 4.39 Å². The number of rotatable bonds is 3. The van der Waals surface area contributed by atoms with E-state index in [0.29, 0.717) is 6.42 Å². The Labute approximate surface area is 84.9 Å². The summed E-state index contributed by atoms with van der Waals surface area (Å²) in [4.78, 5) is 0. The van der Waals surface area contributed by atoms with Crippen LogP contribution in [-0.2, 0) is 12.6 Å². The highest BCUT2D eigenvalue weighted by Crippen LogP contribution is 2.32. The maximum Gasteiger partial charge on any atom is 0.416 e. The van der Waals surface area contributed by atoms with Crippen LogP contribution in [0.15, 0.2) is 18.2 Å². The number of halogens is 4. The maximum atomic E-state index is 12.8. The summed E-state index contributed by atoms with van der Waals surface area (Å²) in [5.74, 6) is -0.657. The van der Waals surface area contributed by atoms with E-state index in [-0.39, 0.29) is 18.5 Å². The quantitative estimate of drug-likeness (QED) is 0.780. The van der Waals surface area contributed by atoms with E-state index in [4.69, 9.17) is 5.73 Å². The van der Waals surface area contributed by atoms with Crippen molar-refractivity contribution in [3.05, 3.63) is 35.1 Å². The molecule has 1 nitrogen and oxygen atoms in total. The van der Waals surface area contributed by atoms with Gasteiger partial charge in [-0.1, -0.05) is 0 Å². The lowest BCUT2D eigenvalue weighted by atomic mass is 10.0. The number of alkyl halides is 3. The number of hydrogen-bond donors (Lipinski definition) is 1. The van der Waals surface area contributed by atoms with Crippen LogP contribution in [0.3, 0.4) is 0 Å². The van der Waals surface area contributed by atoms with E-state index in [1.54, 1.807) is 0 Å². The third-order valence-corrected chi connectivity index (χ3v) is 2.02. The molecule has 1 rings (SSSR count). The molecule has 15 heavy (non-hydrogen) atoms. The second-order valence-electron chi connectivity index (χ2n) is 3.19. The van der Waals surface area contributed by atoms with Gasteiger partial charge in [0.05, 0.1) is 5.56 Å². The smallest absolute Gasteiger partial charge is 0.330 e. The Morgan fingerprint density at radius 2 is 1.87 bits per heavy atom. The summed E-state index contributed by atoms with van der Waals surface area (Å²) < 4.78 is 50.1. The van der Waals surface area contributed by atoms with Gasteiger partial charge in [0.1, 0.15) is 5.82 Å². The highest BCUT2D eigenvalue weighted by Gasteiger charge is 2.32. The second kappa shape index (κ2) is 4.61. The molecule has 0 aromatic heterocycles. The van der Waals surface area contributed by atoms with E-state index in [1.807, 2.05) is 0 Å². The van der Waals surface area contributed by atoms with Crippen LogP contribution in [0.25, 0.3) is 0 Å². The molecule has 0 amide bonds. The van der Waals surface area contributed by atoms with Gasteiger partial charge in [0.2, 0.25) is 0 Å². The fourth-order valence-electron chi connectivity index (χ4n) is 1.34. The van der Waals surface area contributed by atoms with Gasteiger partial charge in [-0.05, 0) is 43.1 Å². The molecular weight excluding hydrogens is 210 g/mol. The van der Waals surface area contributed by atoms with E-state index >= 15 is 0 Å². The minimum atomic E-state index is -4.43. The van der Waals surface area contributed by atoms with Crippen LogP contribution in [0.2, 0.25) is 0 Å². The van der Waals surface area contributed by atoms with E-state index in [2.05, 4.69) is 0 Å². The molecule has 0 saturated carbocycles. The van der Waals surface area contributed by atoms with Crippen LogP contribution in [0.4, 0.5) is 17.6 Å². The number of benzene rings is 1. The van der Waals surface area contributed by atoms with E-state index in [0.717, 1.165) is 18.2 Å². The molecule has 0 saturated heterocycles. The Bertz CT molecular complexity index is 333. The lowest BCUT2D eigenvalue weighted by Gasteiger charge is -2.12. The lowest BCUT2D eigenvalue weighted by Crippen LogP contribution is -2.11. The van der Waals surface area contributed by atoms with Crippen molar-refractivity contribution < 1.29 is 17.6 Å². The molecule has 0 bridgehead atoms. The fourth-order valence-corrected chi connectivity index (χ4v) is 1.34. The van der Waals surface area contributed by atoms with Gasteiger partial charge in [0, 0.05) is 0 Å². The molecule has 2 N–H and O–H groups in total. The Kier molecular flexibility index (Phi) is 3.68. The second-order valence-corrected chi connectivity index (χ2v) is 3.19. The Hall–Kier alpha value is -1.10. The summed E-state index contributed by atoms with van der Waals surface area (Å²) in [7, 11) is 0. The van der Waals surface area contributed by atoms with Crippen molar-refractivity contribution in [2.24, 2.45) is 5.73 Å². The molecule has 0 heterocycles. The van der Waals surface area contributed by atoms with Gasteiger partial charge in [-0.2, -0.15) is 13.2 Å². The zero-order chi connectivity index (χ0) is 11.5. The third-order valence-electron chi connectivity index (χ3n) is 2.02. The van der Waals surface area contributed by atoms with Gasteiger partial charge >= 0.3 is 6.18 Å². The van der Waals surface area contributed by atoms with Crippen LogP contribution in [0.1, 0.15) is 17.5 Å². The Balaban J connectivity index is 3.03. The fraction of sp³-hybridized carbons (Fsp3) is 0.400. The lowest BCUT2D eigenvalue weighted by molar-refractivity contribution is -0.138. The van der Waals surface area contributed by atoms with Gasteiger partial charge in [-0.3, -0.25) is 0 Å². The van der Waals surface area contributed by atoms with Crippen molar-refractivity contribution in [2.45, 2.75) is 19.0 Å². The zero-order valence-corrected chi connectivity index (χ0v) is 7.94. The van der Waals surface area contributed by atoms with Crippen LogP contribution >= 0.6 is 0 Å². The first kappa shape index (κ1) is 12.0. The largest absolute Gasteiger partial charge is 0.416 e. The molecule has 84 valence electrons. The Morgan fingerprint density at radius 3 is 2.40 bits per heavy atom. The van der Waals surface area contributed by atoms with E-state index in [9.17, 15) is 17.6 Å². The van der Waals surface area contributed by atoms with Gasteiger partial charge in [0.15, 0.2) is 0 Å². The monoisotopic (exact) mass is 221 g/mol. The molecule has 0 aliphatic rings. The maximum absolute atomic E-state index is 12.8. The first-order valence-electron chi connectivity index (χ1n) is 4.51. The van der Waals surface area contributed by atoms with Gasteiger partial charge in [0.25, 0.3) is 0 Å². The third kappa shape index (κ3) is 3.20. The van der Waals surface area contributed by atoms with Crippen molar-refractivity contribution >= 4 is 0 Å². The topological polar surface area (TPSA) is 26.0 Å². The minimum absolute atomic E-state index is 0.0343. The molecule has 1 aromatic carbocycles. The molecule has 0 spiro atoms. The zero-order valence-electron chi connectivity index (χ0n) is 7.94. The molecule has 0 atom stereocenters. The van der Waals surface area contributed by atoms with Crippen LogP contribution in [-0.4, -0.2) is 6.54 Å². The minimum Gasteiger partial charge on any atom is -0.330 e. The number of nitrogens with two attached hydrogens (primary N) is 1. The molecule has 0 aliphatic carbocycles. The van der Waals surface area contributed by atoms with Gasteiger partial charge in [-0.15, -0.1) is 0 Å². The normalized spacial score (nSPS) is 11.8. The van der Waals surface area contributed by atoms with Crippen molar-refractivity contribution in [1.29, 1.82) is 0 Å². The predicted octanol–water partition coefficient (Wildman–Crippen LogP) is 2.74. The summed E-state index contributed by atoms with van der Waals surface area (Å²) in [6.45, 7) is 0.286. The summed E-state index contributed by atoms with van der Waals surface area (Å²) in [6, 6.07) is 2.49. The van der Waals surface area contributed by atoms with Crippen LogP contribution in [0.5, 0.6) is 0 Å². The summed E-state index contributed by atoms with van der Waals surface area (Å²) >= 11 is 0. The van der Waals surface area contributed by atoms with E-state index in [1.165, 1.54) is 0 Å². The average Bonchev–Trinajstić information content (AvgIpc) is 2.12. The Morgan fingerprint density at radius 1 is 1.20 bits per heavy atom. The molecule has 0 fully saturated rings. The summed E-state index contributed by atoms with van der Waals surface area (Å²) in [5.41, 5.74) is 4.38. The SMILES string of the molecule is NCCCc1cc(F)ccc1C(F)(F)F. The van der Waals surface area contributed by atoms with Crippen molar-refractivity contribution in [2.75, 3.05) is 6.54 Å². The molecule has 5 heteroatoms. The number of aryl methyl sites for hydroxylation is 1. The molecule has 1 aromatic rings. The van der Waals surface area contributed by atoms with Crippen molar-refractivity contribution in [3.63, 3.8) is 0 Å². The number of hydrogen-bond acceptors (Lipinski definition) is 1. The predicted molar refractivity (Wildman–Crippen MR) is 48.8 cm³/mol. The average molecular weight is 221 g/mol. The van der Waals surface area contributed by atoms with Crippen LogP contribution in [0, 0.1) is 5.82 Å². The van der Waals surface area contributed by atoms with Crippen molar-refractivity contribution in [3.8, 4) is 0 Å². The molecular formula is C10H11F4N. The first-order valence-corrected chi connectivity index (χ1v) is 4.51. The standard InChI is InChI=1S/C10H11F4N/c11-8-3-4-9(10(12,13)14)7(6-8)2-1-5-15/h3-4,6H,1-2,5,15H2. The van der Waals surface area contributed by atoms with Crippen LogP contribution < -0.4 is 5.73 Å². The molecule has 0 aliphatic heterocycles.